The fraction of sp³-hybridized carbons (Fsp3) is 0.182. The summed E-state index contributed by atoms with van der Waals surface area (Å²) in [4.78, 5) is 8.58. The zero-order valence-electron chi connectivity index (χ0n) is 8.63. The Morgan fingerprint density at radius 2 is 2.00 bits per heavy atom. The molecule has 0 aromatic heterocycles. The van der Waals surface area contributed by atoms with E-state index in [2.05, 4.69) is 21.7 Å². The molecule has 0 saturated carbocycles. The fourth-order valence-corrected chi connectivity index (χ4v) is 1.41. The first kappa shape index (κ1) is 13.8. The van der Waals surface area contributed by atoms with Gasteiger partial charge in [0.05, 0.1) is 0 Å². The van der Waals surface area contributed by atoms with Crippen molar-refractivity contribution in [1.82, 2.24) is 0 Å². The third-order valence-electron chi connectivity index (χ3n) is 1.75. The van der Waals surface area contributed by atoms with Crippen molar-refractivity contribution in [3.8, 4) is 0 Å². The smallest absolute Gasteiger partial charge is 0.204 e. The van der Waals surface area contributed by atoms with E-state index in [1.807, 2.05) is 26.0 Å². The van der Waals surface area contributed by atoms with E-state index in [-0.39, 0.29) is 12.2 Å². The molecular weight excluding hydrogens is 261 g/mol. The van der Waals surface area contributed by atoms with Crippen molar-refractivity contribution >= 4 is 27.9 Å². The average Bonchev–Trinajstić information content (AvgIpc) is 2.16. The summed E-state index contributed by atoms with van der Waals surface area (Å²) in [5, 5.41) is 0. The minimum atomic E-state index is -0.208. The molecule has 0 bridgehead atoms. The van der Waals surface area contributed by atoms with Crippen molar-refractivity contribution in [2.75, 3.05) is 0 Å². The van der Waals surface area contributed by atoms with Crippen molar-refractivity contribution in [2.24, 2.45) is 5.73 Å². The average molecular weight is 274 g/mol. The minimum Gasteiger partial charge on any atom is -0.372 e. The summed E-state index contributed by atoms with van der Waals surface area (Å²) in [6, 6.07) is 4.88. The predicted octanol–water partition coefficient (Wildman–Crippen LogP) is 3.11. The highest BCUT2D eigenvalue weighted by atomic mass is 79.9. The van der Waals surface area contributed by atoms with Crippen LogP contribution in [-0.2, 0) is 4.79 Å². The number of hydrogen-bond donors (Lipinski definition) is 1. The number of nitrogens with two attached hydrogens (primary N) is 1. The number of halogens is 2. The standard InChI is InChI=1S/C10H10BrF.CH3NO/c1-3-7(2)8-4-9(11)6-10(12)5-8;2-1-3/h3-6H,1-2H3;1H,(H2,2,3)/b7-3+;. The molecule has 0 aliphatic heterocycles. The van der Waals surface area contributed by atoms with Crippen LogP contribution in [0.4, 0.5) is 4.39 Å². The highest BCUT2D eigenvalue weighted by Gasteiger charge is 1.99. The Kier molecular flexibility index (Phi) is 6.62. The van der Waals surface area contributed by atoms with Gasteiger partial charge in [0.2, 0.25) is 6.41 Å². The van der Waals surface area contributed by atoms with Crippen molar-refractivity contribution in [3.63, 3.8) is 0 Å². The number of amides is 1. The van der Waals surface area contributed by atoms with Crippen molar-refractivity contribution in [2.45, 2.75) is 13.8 Å². The molecule has 0 atom stereocenters. The second-order valence-corrected chi connectivity index (χ2v) is 3.68. The first-order chi connectivity index (χ1) is 7.04. The molecule has 0 saturated heterocycles. The molecule has 0 unspecified atom stereocenters. The van der Waals surface area contributed by atoms with Gasteiger partial charge in [-0.05, 0) is 43.2 Å². The first-order valence-electron chi connectivity index (χ1n) is 4.30. The van der Waals surface area contributed by atoms with Crippen molar-refractivity contribution in [3.05, 3.63) is 40.1 Å². The maximum atomic E-state index is 12.9. The maximum Gasteiger partial charge on any atom is 0.204 e. The lowest BCUT2D eigenvalue weighted by Gasteiger charge is -2.01. The van der Waals surface area contributed by atoms with Crippen LogP contribution in [0.15, 0.2) is 28.7 Å². The zero-order chi connectivity index (χ0) is 11.8. The summed E-state index contributed by atoms with van der Waals surface area (Å²) in [5.41, 5.74) is 6.17. The van der Waals surface area contributed by atoms with Crippen LogP contribution < -0.4 is 5.73 Å². The van der Waals surface area contributed by atoms with E-state index in [1.165, 1.54) is 12.1 Å². The maximum absolute atomic E-state index is 12.9. The van der Waals surface area contributed by atoms with Crippen LogP contribution in [-0.4, -0.2) is 6.41 Å². The molecule has 1 aromatic carbocycles. The van der Waals surface area contributed by atoms with Crippen LogP contribution in [0, 0.1) is 5.82 Å². The summed E-state index contributed by atoms with van der Waals surface area (Å²) in [6.07, 6.45) is 2.21. The number of allylic oxidation sites excluding steroid dienone is 2. The van der Waals surface area contributed by atoms with Crippen LogP contribution >= 0.6 is 15.9 Å². The Hall–Kier alpha value is -1.16. The number of rotatable bonds is 1. The highest BCUT2D eigenvalue weighted by Crippen LogP contribution is 2.20. The van der Waals surface area contributed by atoms with Gasteiger partial charge in [-0.2, -0.15) is 0 Å². The zero-order valence-corrected chi connectivity index (χ0v) is 10.2. The van der Waals surface area contributed by atoms with Gasteiger partial charge in [0.1, 0.15) is 5.82 Å². The van der Waals surface area contributed by atoms with Gasteiger partial charge in [0.15, 0.2) is 0 Å². The van der Waals surface area contributed by atoms with Gasteiger partial charge in [-0.15, -0.1) is 0 Å². The molecule has 0 radical (unpaired) electrons. The fourth-order valence-electron chi connectivity index (χ4n) is 0.948. The Morgan fingerprint density at radius 3 is 2.40 bits per heavy atom. The number of primary amides is 1. The van der Waals surface area contributed by atoms with E-state index in [1.54, 1.807) is 0 Å². The van der Waals surface area contributed by atoms with Crippen LogP contribution in [0.1, 0.15) is 19.4 Å². The van der Waals surface area contributed by atoms with E-state index >= 15 is 0 Å². The highest BCUT2D eigenvalue weighted by molar-refractivity contribution is 9.10. The monoisotopic (exact) mass is 273 g/mol. The van der Waals surface area contributed by atoms with Gasteiger partial charge in [-0.3, -0.25) is 4.79 Å². The lowest BCUT2D eigenvalue weighted by molar-refractivity contribution is -0.106. The normalized spacial score (nSPS) is 10.3. The molecule has 1 amide bonds. The second-order valence-electron chi connectivity index (χ2n) is 2.77. The molecular formula is C11H13BrFNO. The Morgan fingerprint density at radius 1 is 1.47 bits per heavy atom. The lowest BCUT2D eigenvalue weighted by Crippen LogP contribution is -1.82. The van der Waals surface area contributed by atoms with E-state index in [9.17, 15) is 4.39 Å². The third-order valence-corrected chi connectivity index (χ3v) is 2.21. The van der Waals surface area contributed by atoms with Crippen LogP contribution in [0.5, 0.6) is 0 Å². The molecule has 0 heterocycles. The van der Waals surface area contributed by atoms with Crippen LogP contribution in [0.25, 0.3) is 5.57 Å². The van der Waals surface area contributed by atoms with Crippen molar-refractivity contribution < 1.29 is 9.18 Å². The van der Waals surface area contributed by atoms with Crippen LogP contribution in [0.3, 0.4) is 0 Å². The summed E-state index contributed by atoms with van der Waals surface area (Å²) < 4.78 is 13.6. The molecule has 4 heteroatoms. The SMILES string of the molecule is C/C=C(\C)c1cc(F)cc(Br)c1.NC=O. The largest absolute Gasteiger partial charge is 0.372 e. The van der Waals surface area contributed by atoms with E-state index < -0.39 is 0 Å². The number of hydrogen-bond acceptors (Lipinski definition) is 1. The van der Waals surface area contributed by atoms with Gasteiger partial charge in [0, 0.05) is 4.47 Å². The number of benzene rings is 1. The van der Waals surface area contributed by atoms with E-state index in [4.69, 9.17) is 4.79 Å². The van der Waals surface area contributed by atoms with Gasteiger partial charge in [0.25, 0.3) is 0 Å². The molecule has 0 aliphatic carbocycles. The van der Waals surface area contributed by atoms with E-state index in [0.29, 0.717) is 0 Å². The Balaban J connectivity index is 0.000000583. The molecule has 1 rings (SSSR count). The molecule has 0 aliphatic rings. The van der Waals surface area contributed by atoms with Gasteiger partial charge in [-0.25, -0.2) is 4.39 Å². The van der Waals surface area contributed by atoms with Gasteiger partial charge < -0.3 is 5.73 Å². The number of carbonyl (C=O) groups excluding carboxylic acids is 1. The Bertz CT molecular complexity index is 343. The predicted molar refractivity (Wildman–Crippen MR) is 63.7 cm³/mol. The van der Waals surface area contributed by atoms with Gasteiger partial charge in [-0.1, -0.05) is 22.0 Å². The molecule has 2 N–H and O–H groups in total. The minimum absolute atomic E-state index is 0.208. The molecule has 82 valence electrons. The third kappa shape index (κ3) is 5.32. The topological polar surface area (TPSA) is 43.1 Å². The molecule has 0 fully saturated rings. The van der Waals surface area contributed by atoms with Gasteiger partial charge >= 0.3 is 0 Å². The van der Waals surface area contributed by atoms with Crippen molar-refractivity contribution in [1.29, 1.82) is 0 Å². The Labute approximate surface area is 97.1 Å². The summed E-state index contributed by atoms with van der Waals surface area (Å²) >= 11 is 3.24. The molecule has 2 nitrogen and oxygen atoms in total. The second kappa shape index (κ2) is 7.17. The summed E-state index contributed by atoms with van der Waals surface area (Å²) in [5.74, 6) is -0.208. The molecule has 15 heavy (non-hydrogen) atoms. The van der Waals surface area contributed by atoms with E-state index in [0.717, 1.165) is 15.6 Å². The number of carbonyl (C=O) groups is 1. The quantitative estimate of drug-likeness (QED) is 0.785. The molecule has 1 aromatic rings. The van der Waals surface area contributed by atoms with Crippen LogP contribution in [0.2, 0.25) is 0 Å². The lowest BCUT2D eigenvalue weighted by atomic mass is 10.1. The summed E-state index contributed by atoms with van der Waals surface area (Å²) in [6.45, 7) is 3.90. The first-order valence-corrected chi connectivity index (χ1v) is 5.09. The summed E-state index contributed by atoms with van der Waals surface area (Å²) in [7, 11) is 0. The molecule has 0 spiro atoms.